The molecule has 2 amide bonds. The number of rotatable bonds is 6. The van der Waals surface area contributed by atoms with Crippen LogP contribution in [-0.2, 0) is 16.0 Å². The van der Waals surface area contributed by atoms with Gasteiger partial charge >= 0.3 is 0 Å². The Morgan fingerprint density at radius 1 is 1.10 bits per heavy atom. The Balaban J connectivity index is 1.37. The van der Waals surface area contributed by atoms with Crippen LogP contribution in [0.25, 0.3) is 0 Å². The number of piperidine rings is 1. The number of thiophene rings is 1. The van der Waals surface area contributed by atoms with Crippen molar-refractivity contribution in [3.8, 4) is 0 Å². The minimum atomic E-state index is -0.342. The molecule has 4 rings (SSSR count). The molecule has 1 aromatic carbocycles. The molecule has 154 valence electrons. The summed E-state index contributed by atoms with van der Waals surface area (Å²) >= 11 is 1.60. The van der Waals surface area contributed by atoms with E-state index in [9.17, 15) is 9.59 Å². The Bertz CT molecular complexity index is 916. The van der Waals surface area contributed by atoms with Crippen LogP contribution in [-0.4, -0.2) is 39.8 Å². The highest BCUT2D eigenvalue weighted by Gasteiger charge is 2.29. The van der Waals surface area contributed by atoms with Gasteiger partial charge in [0, 0.05) is 36.3 Å². The van der Waals surface area contributed by atoms with E-state index >= 15 is 0 Å². The molecule has 7 heteroatoms. The standard InChI is InChI=1S/C23H24N4O2S/c28-21(15-19-7-4-14-30-19)27-12-8-18(9-13-27)23(29)26-22(17-5-2-1-3-6-17)20-16-24-10-11-25-20/h1-7,10-11,14,16,18,22H,8-9,12-13,15H2,(H,26,29). The van der Waals surface area contributed by atoms with Gasteiger partial charge in [-0.1, -0.05) is 36.4 Å². The zero-order valence-corrected chi connectivity index (χ0v) is 17.4. The SMILES string of the molecule is O=C(NC(c1ccccc1)c1cnccn1)C1CCN(C(=O)Cc2cccs2)CC1. The molecule has 0 aliphatic carbocycles. The molecule has 1 N–H and O–H groups in total. The molecule has 1 saturated heterocycles. The first kappa shape index (κ1) is 20.2. The molecule has 0 bridgehead atoms. The van der Waals surface area contributed by atoms with Crippen molar-refractivity contribution in [2.45, 2.75) is 25.3 Å². The fraction of sp³-hybridized carbons (Fsp3) is 0.304. The van der Waals surface area contributed by atoms with Crippen LogP contribution >= 0.6 is 11.3 Å². The summed E-state index contributed by atoms with van der Waals surface area (Å²) < 4.78 is 0. The van der Waals surface area contributed by atoms with Crippen LogP contribution in [0.3, 0.4) is 0 Å². The van der Waals surface area contributed by atoms with E-state index in [2.05, 4.69) is 15.3 Å². The quantitative estimate of drug-likeness (QED) is 0.664. The molecule has 1 atom stereocenters. The second-order valence-electron chi connectivity index (χ2n) is 7.39. The fourth-order valence-electron chi connectivity index (χ4n) is 3.76. The van der Waals surface area contributed by atoms with Crippen molar-refractivity contribution < 1.29 is 9.59 Å². The second kappa shape index (κ2) is 9.63. The number of carbonyl (C=O) groups is 2. The molecule has 0 radical (unpaired) electrons. The lowest BCUT2D eigenvalue weighted by molar-refractivity contribution is -0.135. The smallest absolute Gasteiger partial charge is 0.227 e. The van der Waals surface area contributed by atoms with E-state index < -0.39 is 0 Å². The number of aromatic nitrogens is 2. The lowest BCUT2D eigenvalue weighted by atomic mass is 9.94. The van der Waals surface area contributed by atoms with Gasteiger partial charge in [-0.05, 0) is 29.9 Å². The zero-order chi connectivity index (χ0) is 20.8. The molecular formula is C23H24N4O2S. The van der Waals surface area contributed by atoms with Crippen LogP contribution in [0.15, 0.2) is 66.4 Å². The summed E-state index contributed by atoms with van der Waals surface area (Å²) in [5.74, 6) is 0.0246. The first-order valence-electron chi connectivity index (χ1n) is 10.1. The van der Waals surface area contributed by atoms with Crippen molar-refractivity contribution in [3.63, 3.8) is 0 Å². The third-order valence-electron chi connectivity index (χ3n) is 5.42. The minimum Gasteiger partial charge on any atom is -0.343 e. The summed E-state index contributed by atoms with van der Waals surface area (Å²) in [7, 11) is 0. The average molecular weight is 421 g/mol. The van der Waals surface area contributed by atoms with E-state index in [1.165, 1.54) is 0 Å². The monoisotopic (exact) mass is 420 g/mol. The van der Waals surface area contributed by atoms with Crippen molar-refractivity contribution >= 4 is 23.2 Å². The average Bonchev–Trinajstić information content (AvgIpc) is 3.31. The van der Waals surface area contributed by atoms with Gasteiger partial charge in [0.15, 0.2) is 0 Å². The molecule has 6 nitrogen and oxygen atoms in total. The second-order valence-corrected chi connectivity index (χ2v) is 8.43. The van der Waals surface area contributed by atoms with Crippen LogP contribution in [0.2, 0.25) is 0 Å². The van der Waals surface area contributed by atoms with Crippen LogP contribution in [0.1, 0.15) is 35.0 Å². The lowest BCUT2D eigenvalue weighted by Crippen LogP contribution is -2.44. The maximum absolute atomic E-state index is 13.0. The number of amides is 2. The molecule has 1 fully saturated rings. The van der Waals surface area contributed by atoms with Crippen molar-refractivity contribution in [1.29, 1.82) is 0 Å². The predicted octanol–water partition coefficient (Wildman–Crippen LogP) is 3.23. The molecule has 0 spiro atoms. The maximum Gasteiger partial charge on any atom is 0.227 e. The van der Waals surface area contributed by atoms with E-state index in [0.29, 0.717) is 38.0 Å². The number of benzene rings is 1. The number of nitrogens with zero attached hydrogens (tertiary/aromatic N) is 3. The van der Waals surface area contributed by atoms with E-state index in [1.54, 1.807) is 29.9 Å². The van der Waals surface area contributed by atoms with Crippen molar-refractivity contribution in [2.24, 2.45) is 5.92 Å². The Kier molecular flexibility index (Phi) is 6.49. The molecule has 3 heterocycles. The van der Waals surface area contributed by atoms with Gasteiger partial charge in [-0.25, -0.2) is 0 Å². The van der Waals surface area contributed by atoms with E-state index in [1.807, 2.05) is 52.7 Å². The van der Waals surface area contributed by atoms with Gasteiger partial charge in [0.25, 0.3) is 0 Å². The highest BCUT2D eigenvalue weighted by atomic mass is 32.1. The summed E-state index contributed by atoms with van der Waals surface area (Å²) in [6.07, 6.45) is 6.72. The molecule has 1 aliphatic heterocycles. The topological polar surface area (TPSA) is 75.2 Å². The first-order chi connectivity index (χ1) is 14.7. The highest BCUT2D eigenvalue weighted by molar-refractivity contribution is 7.10. The van der Waals surface area contributed by atoms with E-state index in [0.717, 1.165) is 10.4 Å². The summed E-state index contributed by atoms with van der Waals surface area (Å²) in [5, 5.41) is 5.14. The van der Waals surface area contributed by atoms with Gasteiger partial charge in [0.1, 0.15) is 0 Å². The van der Waals surface area contributed by atoms with Crippen LogP contribution in [0.4, 0.5) is 0 Å². The maximum atomic E-state index is 13.0. The highest BCUT2D eigenvalue weighted by Crippen LogP contribution is 2.23. The first-order valence-corrected chi connectivity index (χ1v) is 11.0. The Morgan fingerprint density at radius 3 is 2.57 bits per heavy atom. The summed E-state index contributed by atoms with van der Waals surface area (Å²) in [6.45, 7) is 1.23. The molecule has 1 unspecified atom stereocenters. The van der Waals surface area contributed by atoms with Gasteiger partial charge in [0.2, 0.25) is 11.8 Å². The van der Waals surface area contributed by atoms with Crippen LogP contribution < -0.4 is 5.32 Å². The lowest BCUT2D eigenvalue weighted by Gasteiger charge is -2.32. The molecule has 30 heavy (non-hydrogen) atoms. The molecule has 0 saturated carbocycles. The minimum absolute atomic E-state index is 0.000128. The van der Waals surface area contributed by atoms with Crippen molar-refractivity contribution in [2.75, 3.05) is 13.1 Å². The number of hydrogen-bond donors (Lipinski definition) is 1. The third-order valence-corrected chi connectivity index (χ3v) is 6.30. The normalized spacial score (nSPS) is 15.5. The Labute approximate surface area is 180 Å². The number of likely N-dealkylation sites (tertiary alicyclic amines) is 1. The van der Waals surface area contributed by atoms with Crippen molar-refractivity contribution in [1.82, 2.24) is 20.2 Å². The van der Waals surface area contributed by atoms with Gasteiger partial charge in [0.05, 0.1) is 24.4 Å². The van der Waals surface area contributed by atoms with Crippen molar-refractivity contribution in [3.05, 3.63) is 82.6 Å². The van der Waals surface area contributed by atoms with E-state index in [4.69, 9.17) is 0 Å². The van der Waals surface area contributed by atoms with Crippen LogP contribution in [0.5, 0.6) is 0 Å². The zero-order valence-electron chi connectivity index (χ0n) is 16.6. The van der Waals surface area contributed by atoms with Gasteiger partial charge in [-0.2, -0.15) is 0 Å². The van der Waals surface area contributed by atoms with Gasteiger partial charge in [-0.3, -0.25) is 19.6 Å². The summed E-state index contributed by atoms with van der Waals surface area (Å²) in [6, 6.07) is 13.4. The molecule has 1 aliphatic rings. The van der Waals surface area contributed by atoms with Gasteiger partial charge < -0.3 is 10.2 Å². The molecular weight excluding hydrogens is 396 g/mol. The Hall–Kier alpha value is -3.06. The summed E-state index contributed by atoms with van der Waals surface area (Å²) in [4.78, 5) is 37.0. The fourth-order valence-corrected chi connectivity index (χ4v) is 4.45. The molecule has 3 aromatic rings. The predicted molar refractivity (Wildman–Crippen MR) is 116 cm³/mol. The Morgan fingerprint density at radius 2 is 1.90 bits per heavy atom. The number of hydrogen-bond acceptors (Lipinski definition) is 5. The molecule has 2 aromatic heterocycles. The number of nitrogens with one attached hydrogen (secondary N) is 1. The largest absolute Gasteiger partial charge is 0.343 e. The third kappa shape index (κ3) is 4.91. The van der Waals surface area contributed by atoms with Gasteiger partial charge in [-0.15, -0.1) is 11.3 Å². The number of carbonyl (C=O) groups excluding carboxylic acids is 2. The van der Waals surface area contributed by atoms with Crippen LogP contribution in [0, 0.1) is 5.92 Å². The van der Waals surface area contributed by atoms with E-state index in [-0.39, 0.29) is 23.8 Å². The summed E-state index contributed by atoms with van der Waals surface area (Å²) in [5.41, 5.74) is 1.68.